The lowest BCUT2D eigenvalue weighted by Gasteiger charge is -2.22. The van der Waals surface area contributed by atoms with E-state index in [0.29, 0.717) is 5.92 Å². The van der Waals surface area contributed by atoms with Crippen molar-refractivity contribution in [1.29, 1.82) is 0 Å². The highest BCUT2D eigenvalue weighted by molar-refractivity contribution is 8.13. The maximum atomic E-state index is 10.9. The smallest absolute Gasteiger partial charge is 0.185 e. The molecule has 2 aliphatic heterocycles. The molecule has 0 aromatic rings. The molecule has 2 aliphatic rings. The molecule has 15 heavy (non-hydrogen) atoms. The number of thioether (sulfide) groups is 1. The summed E-state index contributed by atoms with van der Waals surface area (Å²) in [4.78, 5) is 10.9. The van der Waals surface area contributed by atoms with Crippen molar-refractivity contribution in [2.45, 2.75) is 13.3 Å². The largest absolute Gasteiger partial charge is 0.381 e. The molecule has 3 atom stereocenters. The number of rotatable bonds is 3. The zero-order chi connectivity index (χ0) is 10.7. The van der Waals surface area contributed by atoms with E-state index >= 15 is 0 Å². The van der Waals surface area contributed by atoms with Crippen molar-refractivity contribution in [3.05, 3.63) is 0 Å². The third-order valence-corrected chi connectivity index (χ3v) is 4.46. The summed E-state index contributed by atoms with van der Waals surface area (Å²) >= 11 is 1.47. The fraction of sp³-hybridized carbons (Fsp3) is 0.909. The van der Waals surface area contributed by atoms with Crippen LogP contribution in [0.15, 0.2) is 0 Å². The fourth-order valence-electron chi connectivity index (χ4n) is 2.60. The molecule has 0 saturated carbocycles. The van der Waals surface area contributed by atoms with Gasteiger partial charge in [-0.3, -0.25) is 4.79 Å². The zero-order valence-electron chi connectivity index (χ0n) is 9.20. The lowest BCUT2D eigenvalue weighted by molar-refractivity contribution is -0.109. The van der Waals surface area contributed by atoms with E-state index < -0.39 is 0 Å². The van der Waals surface area contributed by atoms with Crippen LogP contribution in [0, 0.1) is 17.8 Å². The Morgan fingerprint density at radius 1 is 1.53 bits per heavy atom. The van der Waals surface area contributed by atoms with Gasteiger partial charge in [-0.05, 0) is 37.3 Å². The van der Waals surface area contributed by atoms with Crippen LogP contribution in [0.3, 0.4) is 0 Å². The summed E-state index contributed by atoms with van der Waals surface area (Å²) in [6.07, 6.45) is 1.20. The average Bonchev–Trinajstić information content (AvgIpc) is 2.85. The number of hydrogen-bond acceptors (Lipinski definition) is 4. The summed E-state index contributed by atoms with van der Waals surface area (Å²) in [6, 6.07) is 0. The van der Waals surface area contributed by atoms with E-state index in [1.165, 1.54) is 18.2 Å². The Balaban J connectivity index is 1.84. The summed E-state index contributed by atoms with van der Waals surface area (Å²) in [6.45, 7) is 5.68. The minimum Gasteiger partial charge on any atom is -0.381 e. The number of carbonyl (C=O) groups excluding carboxylic acids is 1. The van der Waals surface area contributed by atoms with Crippen molar-refractivity contribution in [1.82, 2.24) is 5.32 Å². The Labute approximate surface area is 95.3 Å². The molecule has 0 radical (unpaired) electrons. The first-order valence-electron chi connectivity index (χ1n) is 5.69. The predicted molar refractivity (Wildman–Crippen MR) is 61.9 cm³/mol. The maximum absolute atomic E-state index is 10.9. The standard InChI is InChI=1S/C11H19NO2S/c1-8(13)15-7-10-4-12-5-11(10)9-2-3-14-6-9/h9-12H,2-7H2,1H3. The lowest BCUT2D eigenvalue weighted by atomic mass is 9.84. The van der Waals surface area contributed by atoms with Crippen LogP contribution in [0.25, 0.3) is 0 Å². The average molecular weight is 229 g/mol. The van der Waals surface area contributed by atoms with Gasteiger partial charge in [0.05, 0.1) is 0 Å². The molecule has 86 valence electrons. The van der Waals surface area contributed by atoms with Gasteiger partial charge >= 0.3 is 0 Å². The van der Waals surface area contributed by atoms with E-state index in [1.807, 2.05) is 0 Å². The van der Waals surface area contributed by atoms with Crippen LogP contribution in [0.4, 0.5) is 0 Å². The van der Waals surface area contributed by atoms with Crippen molar-refractivity contribution in [3.63, 3.8) is 0 Å². The molecule has 1 N–H and O–H groups in total. The van der Waals surface area contributed by atoms with Crippen molar-refractivity contribution in [3.8, 4) is 0 Å². The highest BCUT2D eigenvalue weighted by Gasteiger charge is 2.35. The molecule has 3 unspecified atom stereocenters. The van der Waals surface area contributed by atoms with Gasteiger partial charge in [-0.15, -0.1) is 0 Å². The minimum atomic E-state index is 0.239. The van der Waals surface area contributed by atoms with Gasteiger partial charge in [-0.1, -0.05) is 11.8 Å². The minimum absolute atomic E-state index is 0.239. The Bertz CT molecular complexity index is 229. The quantitative estimate of drug-likeness (QED) is 0.787. The van der Waals surface area contributed by atoms with Gasteiger partial charge in [-0.25, -0.2) is 0 Å². The van der Waals surface area contributed by atoms with Crippen LogP contribution in [-0.4, -0.2) is 37.2 Å². The summed E-state index contributed by atoms with van der Waals surface area (Å²) < 4.78 is 5.44. The van der Waals surface area contributed by atoms with E-state index in [0.717, 1.165) is 43.9 Å². The molecule has 0 spiro atoms. The molecule has 0 aromatic carbocycles. The van der Waals surface area contributed by atoms with Crippen LogP contribution in [0.1, 0.15) is 13.3 Å². The van der Waals surface area contributed by atoms with Gasteiger partial charge in [0.2, 0.25) is 0 Å². The van der Waals surface area contributed by atoms with Crippen molar-refractivity contribution in [2.24, 2.45) is 17.8 Å². The summed E-state index contributed by atoms with van der Waals surface area (Å²) in [5.74, 6) is 3.08. The van der Waals surface area contributed by atoms with Crippen LogP contribution >= 0.6 is 11.8 Å². The summed E-state index contributed by atoms with van der Waals surface area (Å²) in [5, 5.41) is 3.68. The molecule has 0 bridgehead atoms. The normalized spacial score (nSPS) is 35.9. The second kappa shape index (κ2) is 5.32. The molecule has 2 fully saturated rings. The maximum Gasteiger partial charge on any atom is 0.185 e. The fourth-order valence-corrected chi connectivity index (χ4v) is 3.42. The second-order valence-electron chi connectivity index (χ2n) is 4.51. The molecule has 2 rings (SSSR count). The van der Waals surface area contributed by atoms with Crippen molar-refractivity contribution >= 4 is 16.9 Å². The monoisotopic (exact) mass is 229 g/mol. The van der Waals surface area contributed by atoms with Crippen molar-refractivity contribution in [2.75, 3.05) is 32.1 Å². The van der Waals surface area contributed by atoms with Crippen LogP contribution in [-0.2, 0) is 9.53 Å². The van der Waals surface area contributed by atoms with E-state index in [1.54, 1.807) is 6.92 Å². The molecule has 2 heterocycles. The third-order valence-electron chi connectivity index (χ3n) is 3.46. The van der Waals surface area contributed by atoms with E-state index in [9.17, 15) is 4.79 Å². The Kier molecular flexibility index (Phi) is 4.05. The molecule has 3 nitrogen and oxygen atoms in total. The summed E-state index contributed by atoms with van der Waals surface area (Å²) in [7, 11) is 0. The highest BCUT2D eigenvalue weighted by atomic mass is 32.2. The molecule has 0 aromatic heterocycles. The molecular weight excluding hydrogens is 210 g/mol. The molecule has 2 saturated heterocycles. The van der Waals surface area contributed by atoms with Gasteiger partial charge in [-0.2, -0.15) is 0 Å². The number of carbonyl (C=O) groups is 1. The highest BCUT2D eigenvalue weighted by Crippen LogP contribution is 2.32. The zero-order valence-corrected chi connectivity index (χ0v) is 10.0. The van der Waals surface area contributed by atoms with Gasteiger partial charge in [0, 0.05) is 25.9 Å². The van der Waals surface area contributed by atoms with Gasteiger partial charge in [0.15, 0.2) is 5.12 Å². The lowest BCUT2D eigenvalue weighted by Crippen LogP contribution is -2.24. The topological polar surface area (TPSA) is 38.3 Å². The predicted octanol–water partition coefficient (Wildman–Crippen LogP) is 1.14. The first-order valence-corrected chi connectivity index (χ1v) is 6.67. The van der Waals surface area contributed by atoms with E-state index in [2.05, 4.69) is 5.32 Å². The van der Waals surface area contributed by atoms with Crippen LogP contribution < -0.4 is 5.32 Å². The van der Waals surface area contributed by atoms with Gasteiger partial charge in [0.1, 0.15) is 0 Å². The number of ether oxygens (including phenoxy) is 1. The molecule has 0 aliphatic carbocycles. The second-order valence-corrected chi connectivity index (χ2v) is 5.71. The SMILES string of the molecule is CC(=O)SCC1CNCC1C1CCOC1. The molecule has 4 heteroatoms. The summed E-state index contributed by atoms with van der Waals surface area (Å²) in [5.41, 5.74) is 0. The van der Waals surface area contributed by atoms with E-state index in [-0.39, 0.29) is 5.12 Å². The Morgan fingerprint density at radius 3 is 3.07 bits per heavy atom. The Morgan fingerprint density at radius 2 is 2.40 bits per heavy atom. The van der Waals surface area contributed by atoms with Crippen LogP contribution in [0.2, 0.25) is 0 Å². The van der Waals surface area contributed by atoms with Gasteiger partial charge in [0.25, 0.3) is 0 Å². The molecule has 0 amide bonds. The van der Waals surface area contributed by atoms with Crippen molar-refractivity contribution < 1.29 is 9.53 Å². The first kappa shape index (κ1) is 11.4. The number of hydrogen-bond donors (Lipinski definition) is 1. The third kappa shape index (κ3) is 2.95. The van der Waals surface area contributed by atoms with Crippen LogP contribution in [0.5, 0.6) is 0 Å². The number of nitrogens with one attached hydrogen (secondary N) is 1. The van der Waals surface area contributed by atoms with E-state index in [4.69, 9.17) is 4.74 Å². The Hall–Kier alpha value is -0.0600. The first-order chi connectivity index (χ1) is 7.27. The molecular formula is C11H19NO2S. The van der Waals surface area contributed by atoms with Gasteiger partial charge < -0.3 is 10.1 Å².